The minimum absolute atomic E-state index is 0.0653. The van der Waals surface area contributed by atoms with Crippen LogP contribution in [-0.2, 0) is 31.3 Å². The summed E-state index contributed by atoms with van der Waals surface area (Å²) in [5, 5.41) is 5.21. The monoisotopic (exact) mass is 492 g/mol. The molecule has 11 heteroatoms. The summed E-state index contributed by atoms with van der Waals surface area (Å²) in [7, 11) is -7.37. The number of amides is 1. The summed E-state index contributed by atoms with van der Waals surface area (Å²) >= 11 is 0. The van der Waals surface area contributed by atoms with Gasteiger partial charge in [-0.2, -0.15) is 4.31 Å². The van der Waals surface area contributed by atoms with Crippen molar-refractivity contribution in [1.82, 2.24) is 9.21 Å². The number of fused-ring (bicyclic) bond motifs is 1. The van der Waals surface area contributed by atoms with Crippen LogP contribution in [0.15, 0.2) is 46.2 Å². The normalized spacial score (nSPS) is 17.3. The Labute approximate surface area is 194 Å². The lowest BCUT2D eigenvalue weighted by molar-refractivity contribution is -0.130. The zero-order chi connectivity index (χ0) is 24.0. The number of nitrogens with zero attached hydrogens (tertiary/aromatic N) is 3. The summed E-state index contributed by atoms with van der Waals surface area (Å²) in [5.41, 5.74) is 3.63. The molecule has 2 aromatic carbocycles. The van der Waals surface area contributed by atoms with E-state index >= 15 is 0 Å². The summed E-state index contributed by atoms with van der Waals surface area (Å²) < 4.78 is 50.6. The van der Waals surface area contributed by atoms with E-state index in [1.54, 1.807) is 29.2 Å². The van der Waals surface area contributed by atoms with Gasteiger partial charge in [-0.15, -0.1) is 0 Å². The third kappa shape index (κ3) is 4.77. The zero-order valence-electron chi connectivity index (χ0n) is 18.7. The lowest BCUT2D eigenvalue weighted by Crippen LogP contribution is -2.52. The number of benzene rings is 2. The highest BCUT2D eigenvalue weighted by molar-refractivity contribution is 7.89. The van der Waals surface area contributed by atoms with Crippen molar-refractivity contribution in [2.75, 3.05) is 44.2 Å². The Morgan fingerprint density at radius 2 is 1.55 bits per heavy atom. The summed E-state index contributed by atoms with van der Waals surface area (Å²) in [6.45, 7) is 5.74. The van der Waals surface area contributed by atoms with Crippen LogP contribution in [0.1, 0.15) is 16.7 Å². The van der Waals surface area contributed by atoms with Crippen LogP contribution in [0.4, 0.5) is 5.69 Å². The van der Waals surface area contributed by atoms with E-state index in [1.165, 1.54) is 10.4 Å². The number of sulfonamides is 2. The molecular weight excluding hydrogens is 464 g/mol. The fourth-order valence-corrected chi connectivity index (χ4v) is 6.32. The molecule has 0 aromatic heterocycles. The number of carbonyl (C=O) groups is 1. The highest BCUT2D eigenvalue weighted by Gasteiger charge is 2.31. The van der Waals surface area contributed by atoms with Crippen LogP contribution in [0.2, 0.25) is 0 Å². The SMILES string of the molecule is Cc1ccc(S(=O)(=O)N2CCN(C(=O)CN3CCc4cc(S(N)(=O)=O)ccc43)CC2)cc1C. The predicted molar refractivity (Wildman–Crippen MR) is 125 cm³/mol. The van der Waals surface area contributed by atoms with Crippen LogP contribution in [0.3, 0.4) is 0 Å². The molecule has 1 fully saturated rings. The molecule has 9 nitrogen and oxygen atoms in total. The van der Waals surface area contributed by atoms with Gasteiger partial charge in [0.05, 0.1) is 16.3 Å². The Morgan fingerprint density at radius 3 is 2.18 bits per heavy atom. The standard InChI is InChI=1S/C22H28N4O5S2/c1-16-3-4-20(13-17(16)2)33(30,31)26-11-9-24(10-12-26)22(27)15-25-8-7-18-14-19(32(23,28)29)5-6-21(18)25/h3-6,13-14H,7-12,15H2,1-2H3,(H2,23,28,29). The molecule has 0 radical (unpaired) electrons. The predicted octanol–water partition coefficient (Wildman–Crippen LogP) is 0.846. The first-order chi connectivity index (χ1) is 15.5. The third-order valence-corrected chi connectivity index (χ3v) is 9.21. The Kier molecular flexibility index (Phi) is 6.25. The molecule has 1 saturated heterocycles. The molecule has 2 N–H and O–H groups in total. The Morgan fingerprint density at radius 1 is 0.879 bits per heavy atom. The van der Waals surface area contributed by atoms with Gasteiger partial charge in [-0.05, 0) is 67.3 Å². The Balaban J connectivity index is 1.38. The molecule has 2 heterocycles. The average molecular weight is 493 g/mol. The molecule has 4 rings (SSSR count). The van der Waals surface area contributed by atoms with Gasteiger partial charge in [-0.25, -0.2) is 22.0 Å². The zero-order valence-corrected chi connectivity index (χ0v) is 20.3. The van der Waals surface area contributed by atoms with Crippen molar-refractivity contribution in [3.05, 3.63) is 53.1 Å². The number of piperazine rings is 1. The molecule has 2 aliphatic heterocycles. The van der Waals surface area contributed by atoms with Gasteiger partial charge in [0.2, 0.25) is 26.0 Å². The quantitative estimate of drug-likeness (QED) is 0.660. The molecule has 0 unspecified atom stereocenters. The van der Waals surface area contributed by atoms with Crippen molar-refractivity contribution in [2.24, 2.45) is 5.14 Å². The van der Waals surface area contributed by atoms with Crippen molar-refractivity contribution in [3.63, 3.8) is 0 Å². The minimum Gasteiger partial charge on any atom is -0.362 e. The minimum atomic E-state index is -3.77. The number of nitrogens with two attached hydrogens (primary N) is 1. The van der Waals surface area contributed by atoms with Crippen molar-refractivity contribution in [2.45, 2.75) is 30.1 Å². The number of primary sulfonamides is 1. The van der Waals surface area contributed by atoms with Gasteiger partial charge in [0.15, 0.2) is 0 Å². The number of anilines is 1. The summed E-state index contributed by atoms with van der Waals surface area (Å²) in [6.07, 6.45) is 0.633. The Bertz CT molecular complexity index is 1300. The van der Waals surface area contributed by atoms with E-state index in [-0.39, 0.29) is 35.3 Å². The van der Waals surface area contributed by atoms with Gasteiger partial charge in [0.1, 0.15) is 0 Å². The number of hydrogen-bond donors (Lipinski definition) is 1. The van der Waals surface area contributed by atoms with Crippen LogP contribution < -0.4 is 10.0 Å². The molecular formula is C22H28N4O5S2. The maximum Gasteiger partial charge on any atom is 0.243 e. The van der Waals surface area contributed by atoms with Gasteiger partial charge >= 0.3 is 0 Å². The maximum absolute atomic E-state index is 13.0. The van der Waals surface area contributed by atoms with Gasteiger partial charge in [0, 0.05) is 38.4 Å². The van der Waals surface area contributed by atoms with Crippen molar-refractivity contribution >= 4 is 31.6 Å². The first-order valence-electron chi connectivity index (χ1n) is 10.7. The van der Waals surface area contributed by atoms with Crippen LogP contribution in [0, 0.1) is 13.8 Å². The van der Waals surface area contributed by atoms with Crippen LogP contribution in [0.25, 0.3) is 0 Å². The first kappa shape index (κ1) is 23.7. The number of rotatable bonds is 5. The van der Waals surface area contributed by atoms with E-state index in [0.717, 1.165) is 22.4 Å². The van der Waals surface area contributed by atoms with Crippen LogP contribution in [0.5, 0.6) is 0 Å². The molecule has 0 atom stereocenters. The van der Waals surface area contributed by atoms with Crippen molar-refractivity contribution < 1.29 is 21.6 Å². The molecule has 1 amide bonds. The van der Waals surface area contributed by atoms with Gasteiger partial charge in [-0.1, -0.05) is 6.07 Å². The summed E-state index contributed by atoms with van der Waals surface area (Å²) in [4.78, 5) is 16.8. The number of hydrogen-bond acceptors (Lipinski definition) is 6. The highest BCUT2D eigenvalue weighted by atomic mass is 32.2. The Hall–Kier alpha value is -2.47. The van der Waals surface area contributed by atoms with E-state index in [4.69, 9.17) is 5.14 Å². The average Bonchev–Trinajstić information content (AvgIpc) is 3.17. The second-order valence-electron chi connectivity index (χ2n) is 8.54. The lowest BCUT2D eigenvalue weighted by atomic mass is 10.1. The van der Waals surface area contributed by atoms with Crippen LogP contribution >= 0.6 is 0 Å². The smallest absolute Gasteiger partial charge is 0.243 e. The fraction of sp³-hybridized carbons (Fsp3) is 0.409. The second-order valence-corrected chi connectivity index (χ2v) is 12.0. The van der Waals surface area contributed by atoms with E-state index < -0.39 is 20.0 Å². The van der Waals surface area contributed by atoms with Gasteiger partial charge in [0.25, 0.3) is 0 Å². The second kappa shape index (κ2) is 8.71. The maximum atomic E-state index is 13.0. The van der Waals surface area contributed by atoms with Crippen molar-refractivity contribution in [1.29, 1.82) is 0 Å². The molecule has 33 heavy (non-hydrogen) atoms. The molecule has 2 aromatic rings. The molecule has 0 spiro atoms. The summed E-state index contributed by atoms with van der Waals surface area (Å²) in [5.74, 6) is -0.0819. The molecule has 2 aliphatic rings. The van der Waals surface area contributed by atoms with E-state index in [2.05, 4.69) is 0 Å². The van der Waals surface area contributed by atoms with Gasteiger partial charge in [-0.3, -0.25) is 4.79 Å². The fourth-order valence-electron chi connectivity index (χ4n) is 4.25. The number of carbonyl (C=O) groups excluding carboxylic acids is 1. The molecule has 0 bridgehead atoms. The number of aryl methyl sites for hydroxylation is 2. The van der Waals surface area contributed by atoms with E-state index in [9.17, 15) is 21.6 Å². The molecule has 0 saturated carbocycles. The van der Waals surface area contributed by atoms with Gasteiger partial charge < -0.3 is 9.80 Å². The molecule has 0 aliphatic carbocycles. The lowest BCUT2D eigenvalue weighted by Gasteiger charge is -2.35. The topological polar surface area (TPSA) is 121 Å². The van der Waals surface area contributed by atoms with Crippen LogP contribution in [-0.4, -0.2) is 71.2 Å². The highest BCUT2D eigenvalue weighted by Crippen LogP contribution is 2.30. The van der Waals surface area contributed by atoms with Crippen molar-refractivity contribution in [3.8, 4) is 0 Å². The summed E-state index contributed by atoms with van der Waals surface area (Å²) in [6, 6.07) is 9.82. The third-order valence-electron chi connectivity index (χ3n) is 6.40. The molecule has 178 valence electrons. The van der Waals surface area contributed by atoms with E-state index in [1.807, 2.05) is 24.8 Å². The largest absolute Gasteiger partial charge is 0.362 e. The van der Waals surface area contributed by atoms with E-state index in [0.29, 0.717) is 26.1 Å². The first-order valence-corrected chi connectivity index (χ1v) is 13.7.